The molecule has 2 amide bonds. The van der Waals surface area contributed by atoms with E-state index in [1.165, 1.54) is 4.31 Å². The number of carbonyl (C=O) groups excluding carboxylic acids is 2. The van der Waals surface area contributed by atoms with Crippen molar-refractivity contribution in [1.29, 1.82) is 0 Å². The third kappa shape index (κ3) is 5.51. The molecule has 0 radical (unpaired) electrons. The maximum Gasteiger partial charge on any atom is 0.251 e. The van der Waals surface area contributed by atoms with Gasteiger partial charge in [0.2, 0.25) is 15.9 Å². The summed E-state index contributed by atoms with van der Waals surface area (Å²) in [7, 11) is -3.49. The lowest BCUT2D eigenvalue weighted by molar-refractivity contribution is -0.128. The number of sulfonamides is 1. The molecule has 166 valence electrons. The maximum absolute atomic E-state index is 12.5. The molecule has 0 saturated carbocycles. The minimum atomic E-state index is -3.49. The number of hydrogen-bond donors (Lipinski definition) is 1. The molecule has 3 rings (SSSR count). The van der Waals surface area contributed by atoms with Gasteiger partial charge in [0.05, 0.1) is 4.90 Å². The number of nitrogens with zero attached hydrogens (tertiary/aromatic N) is 2. The molecule has 31 heavy (non-hydrogen) atoms. The van der Waals surface area contributed by atoms with E-state index in [2.05, 4.69) is 5.32 Å². The highest BCUT2D eigenvalue weighted by Gasteiger charge is 2.21. The van der Waals surface area contributed by atoms with Crippen molar-refractivity contribution in [2.45, 2.75) is 44.7 Å². The second-order valence-electron chi connectivity index (χ2n) is 7.53. The average molecular weight is 444 g/mol. The molecule has 1 aliphatic rings. The van der Waals surface area contributed by atoms with Crippen LogP contribution in [-0.2, 0) is 27.9 Å². The standard InChI is InChI=1S/C23H29N3O4S/c1-3-26(4-2)31(29,30)21-13-9-18(10-14-21)16-24-23(28)20-11-7-19(8-12-20)17-25-15-5-6-22(25)27/h7-14H,3-6,15-17H2,1-2H3,(H,24,28). The Labute approximate surface area is 184 Å². The zero-order chi connectivity index (χ0) is 22.4. The first-order chi connectivity index (χ1) is 14.8. The smallest absolute Gasteiger partial charge is 0.251 e. The number of benzene rings is 2. The van der Waals surface area contributed by atoms with Crippen LogP contribution < -0.4 is 5.32 Å². The number of rotatable bonds is 9. The van der Waals surface area contributed by atoms with Gasteiger partial charge in [0.15, 0.2) is 0 Å². The Morgan fingerprint density at radius 2 is 1.61 bits per heavy atom. The molecule has 1 aliphatic heterocycles. The minimum Gasteiger partial charge on any atom is -0.348 e. The van der Waals surface area contributed by atoms with Gasteiger partial charge in [-0.2, -0.15) is 4.31 Å². The Hall–Kier alpha value is -2.71. The van der Waals surface area contributed by atoms with Crippen LogP contribution in [0, 0.1) is 0 Å². The van der Waals surface area contributed by atoms with Crippen LogP contribution >= 0.6 is 0 Å². The Morgan fingerprint density at radius 3 is 2.16 bits per heavy atom. The van der Waals surface area contributed by atoms with Crippen molar-refractivity contribution in [3.05, 3.63) is 65.2 Å². The molecule has 2 aromatic carbocycles. The fourth-order valence-corrected chi connectivity index (χ4v) is 5.09. The first-order valence-electron chi connectivity index (χ1n) is 10.6. The molecular formula is C23H29N3O4S. The van der Waals surface area contributed by atoms with Crippen LogP contribution in [0.3, 0.4) is 0 Å². The normalized spacial score (nSPS) is 14.3. The van der Waals surface area contributed by atoms with Gasteiger partial charge in [-0.1, -0.05) is 38.1 Å². The van der Waals surface area contributed by atoms with Gasteiger partial charge in [-0.05, 0) is 41.8 Å². The van der Waals surface area contributed by atoms with Gasteiger partial charge < -0.3 is 10.2 Å². The van der Waals surface area contributed by atoms with E-state index in [4.69, 9.17) is 0 Å². The fourth-order valence-electron chi connectivity index (χ4n) is 3.63. The highest BCUT2D eigenvalue weighted by atomic mass is 32.2. The summed E-state index contributed by atoms with van der Waals surface area (Å²) in [5, 5.41) is 2.85. The van der Waals surface area contributed by atoms with Crippen LogP contribution in [0.5, 0.6) is 0 Å². The summed E-state index contributed by atoms with van der Waals surface area (Å²) in [6.45, 7) is 6.12. The average Bonchev–Trinajstić information content (AvgIpc) is 3.18. The van der Waals surface area contributed by atoms with Crippen molar-refractivity contribution < 1.29 is 18.0 Å². The fraction of sp³-hybridized carbons (Fsp3) is 0.391. The molecule has 8 heteroatoms. The van der Waals surface area contributed by atoms with Crippen molar-refractivity contribution >= 4 is 21.8 Å². The lowest BCUT2D eigenvalue weighted by atomic mass is 10.1. The third-order valence-corrected chi connectivity index (χ3v) is 7.54. The van der Waals surface area contributed by atoms with Gasteiger partial charge in [-0.25, -0.2) is 8.42 Å². The summed E-state index contributed by atoms with van der Waals surface area (Å²) in [5.41, 5.74) is 2.35. The van der Waals surface area contributed by atoms with Gasteiger partial charge in [-0.3, -0.25) is 9.59 Å². The lowest BCUT2D eigenvalue weighted by Gasteiger charge is -2.18. The number of likely N-dealkylation sites (tertiary alicyclic amines) is 1. The van der Waals surface area contributed by atoms with Crippen LogP contribution in [-0.4, -0.2) is 49.1 Å². The van der Waals surface area contributed by atoms with Crippen molar-refractivity contribution in [3.8, 4) is 0 Å². The lowest BCUT2D eigenvalue weighted by Crippen LogP contribution is -2.30. The number of nitrogens with one attached hydrogen (secondary N) is 1. The van der Waals surface area contributed by atoms with E-state index in [9.17, 15) is 18.0 Å². The molecule has 0 aromatic heterocycles. The van der Waals surface area contributed by atoms with E-state index < -0.39 is 10.0 Å². The van der Waals surface area contributed by atoms with Crippen molar-refractivity contribution in [3.63, 3.8) is 0 Å². The van der Waals surface area contributed by atoms with E-state index in [0.29, 0.717) is 38.2 Å². The van der Waals surface area contributed by atoms with Gasteiger partial charge >= 0.3 is 0 Å². The molecule has 7 nitrogen and oxygen atoms in total. The molecule has 0 spiro atoms. The molecule has 0 unspecified atom stereocenters. The molecule has 0 aliphatic carbocycles. The summed E-state index contributed by atoms with van der Waals surface area (Å²) in [4.78, 5) is 26.3. The largest absolute Gasteiger partial charge is 0.348 e. The Balaban J connectivity index is 1.56. The summed E-state index contributed by atoms with van der Waals surface area (Å²) in [6, 6.07) is 13.8. The van der Waals surface area contributed by atoms with E-state index in [-0.39, 0.29) is 16.7 Å². The van der Waals surface area contributed by atoms with Crippen LogP contribution in [0.15, 0.2) is 53.4 Å². The van der Waals surface area contributed by atoms with Gasteiger partial charge in [0.25, 0.3) is 5.91 Å². The van der Waals surface area contributed by atoms with E-state index in [1.54, 1.807) is 36.4 Å². The summed E-state index contributed by atoms with van der Waals surface area (Å²) >= 11 is 0. The van der Waals surface area contributed by atoms with Crippen molar-refractivity contribution in [2.75, 3.05) is 19.6 Å². The first-order valence-corrected chi connectivity index (χ1v) is 12.0. The molecular weight excluding hydrogens is 414 g/mol. The van der Waals surface area contributed by atoms with Crippen LogP contribution in [0.2, 0.25) is 0 Å². The molecule has 1 saturated heterocycles. The summed E-state index contributed by atoms with van der Waals surface area (Å²) < 4.78 is 26.5. The highest BCUT2D eigenvalue weighted by molar-refractivity contribution is 7.89. The second kappa shape index (κ2) is 10.1. The van der Waals surface area contributed by atoms with E-state index >= 15 is 0 Å². The van der Waals surface area contributed by atoms with Gasteiger partial charge in [0.1, 0.15) is 0 Å². The number of hydrogen-bond acceptors (Lipinski definition) is 4. The minimum absolute atomic E-state index is 0.178. The number of amides is 2. The molecule has 1 fully saturated rings. The molecule has 2 aromatic rings. The predicted octanol–water partition coefficient (Wildman–Crippen LogP) is 2.77. The number of carbonyl (C=O) groups is 2. The molecule has 0 atom stereocenters. The van der Waals surface area contributed by atoms with Crippen LogP contribution in [0.4, 0.5) is 0 Å². The SMILES string of the molecule is CCN(CC)S(=O)(=O)c1ccc(CNC(=O)c2ccc(CN3CCCC3=O)cc2)cc1. The quantitative estimate of drug-likeness (QED) is 0.646. The third-order valence-electron chi connectivity index (χ3n) is 5.48. The van der Waals surface area contributed by atoms with Gasteiger partial charge in [-0.15, -0.1) is 0 Å². The van der Waals surface area contributed by atoms with Crippen molar-refractivity contribution in [2.24, 2.45) is 0 Å². The molecule has 0 bridgehead atoms. The predicted molar refractivity (Wildman–Crippen MR) is 119 cm³/mol. The Morgan fingerprint density at radius 1 is 1.00 bits per heavy atom. The van der Waals surface area contributed by atoms with Crippen molar-refractivity contribution in [1.82, 2.24) is 14.5 Å². The van der Waals surface area contributed by atoms with E-state index in [1.807, 2.05) is 30.9 Å². The zero-order valence-corrected chi connectivity index (χ0v) is 18.8. The molecule has 1 N–H and O–H groups in total. The Kier molecular flexibility index (Phi) is 7.46. The van der Waals surface area contributed by atoms with Crippen LogP contribution in [0.25, 0.3) is 0 Å². The monoisotopic (exact) mass is 443 g/mol. The molecule has 1 heterocycles. The topological polar surface area (TPSA) is 86.8 Å². The first kappa shape index (κ1) is 23.0. The van der Waals surface area contributed by atoms with Gasteiger partial charge in [0, 0.05) is 44.7 Å². The van der Waals surface area contributed by atoms with Crippen LogP contribution in [0.1, 0.15) is 48.2 Å². The summed E-state index contributed by atoms with van der Waals surface area (Å²) in [6.07, 6.45) is 1.52. The highest BCUT2D eigenvalue weighted by Crippen LogP contribution is 2.17. The zero-order valence-electron chi connectivity index (χ0n) is 18.0. The Bertz CT molecular complexity index is 1010. The second-order valence-corrected chi connectivity index (χ2v) is 9.47. The summed E-state index contributed by atoms with van der Waals surface area (Å²) in [5.74, 6) is -0.0265. The maximum atomic E-state index is 12.5. The van der Waals surface area contributed by atoms with E-state index in [0.717, 1.165) is 24.1 Å².